The van der Waals surface area contributed by atoms with Gasteiger partial charge in [-0.2, -0.15) is 10.2 Å². The number of pyridine rings is 1. The zero-order valence-electron chi connectivity index (χ0n) is 20.8. The van der Waals surface area contributed by atoms with E-state index in [0.29, 0.717) is 34.8 Å². The van der Waals surface area contributed by atoms with E-state index >= 15 is 0 Å². The molecular weight excluding hydrogens is 484 g/mol. The van der Waals surface area contributed by atoms with Crippen molar-refractivity contribution in [3.05, 3.63) is 102 Å². The van der Waals surface area contributed by atoms with Crippen LogP contribution in [-0.2, 0) is 6.54 Å². The van der Waals surface area contributed by atoms with Crippen molar-refractivity contribution >= 4 is 11.4 Å². The molecule has 4 atom stereocenters. The standard InChI is InChI=1S/C30H26F2N5O/c1-37(30(38)28-26-8-4-5-14-36(26)34-29(28)23-6-2-3-7-24(23)32)22(16-20-17-27(20)37)18-35-15-13-25(33-35)19-9-11-21(31)12-10-19/h2-15,20,22,27H,16-18H2,1H3/q+1/t20-,22+,27+,37?/m1/s1. The molecular formula is C30H26F2N5O+. The SMILES string of the molecule is C[N+]1(C(=O)c2c(-c3ccccc3F)nn3ccccc23)[C@H](Cn2ccc(-c3ccc(F)cc3)n2)C[C@@H]2C[C@@H]21. The number of likely N-dealkylation sites (N-methyl/N-ethyl adjacent to an activating group) is 1. The summed E-state index contributed by atoms with van der Waals surface area (Å²) in [7, 11) is 2.02. The third-order valence-electron chi connectivity index (χ3n) is 8.41. The maximum absolute atomic E-state index is 14.9. The lowest BCUT2D eigenvalue weighted by molar-refractivity contribution is -0.857. The van der Waals surface area contributed by atoms with Crippen LogP contribution in [0, 0.1) is 17.6 Å². The lowest BCUT2D eigenvalue weighted by atomic mass is 10.0. The van der Waals surface area contributed by atoms with Crippen molar-refractivity contribution in [2.24, 2.45) is 5.92 Å². The Morgan fingerprint density at radius 3 is 2.55 bits per heavy atom. The van der Waals surface area contributed by atoms with E-state index < -0.39 is 5.82 Å². The third kappa shape index (κ3) is 3.51. The molecule has 190 valence electrons. The fourth-order valence-electron chi connectivity index (χ4n) is 6.29. The van der Waals surface area contributed by atoms with Gasteiger partial charge >= 0.3 is 5.91 Å². The van der Waals surface area contributed by atoms with Crippen LogP contribution in [-0.4, -0.2) is 48.9 Å². The number of rotatable bonds is 5. The van der Waals surface area contributed by atoms with Crippen LogP contribution in [0.25, 0.3) is 28.0 Å². The fourth-order valence-corrected chi connectivity index (χ4v) is 6.29. The highest BCUT2D eigenvalue weighted by Gasteiger charge is 2.66. The van der Waals surface area contributed by atoms with E-state index in [1.807, 2.05) is 42.2 Å². The first-order valence-electron chi connectivity index (χ1n) is 12.9. The minimum Gasteiger partial charge on any atom is -0.266 e. The lowest BCUT2D eigenvalue weighted by Crippen LogP contribution is -2.56. The summed E-state index contributed by atoms with van der Waals surface area (Å²) in [6.45, 7) is 0.574. The number of likely N-dealkylation sites (tertiary alicyclic amines) is 1. The molecule has 1 aliphatic carbocycles. The summed E-state index contributed by atoms with van der Waals surface area (Å²) in [5, 5.41) is 9.39. The molecule has 1 aliphatic heterocycles. The minimum absolute atomic E-state index is 0.0133. The summed E-state index contributed by atoms with van der Waals surface area (Å²) < 4.78 is 32.1. The molecule has 1 amide bonds. The minimum atomic E-state index is -0.403. The number of hydrogen-bond acceptors (Lipinski definition) is 3. The van der Waals surface area contributed by atoms with Crippen molar-refractivity contribution in [1.29, 1.82) is 0 Å². The Balaban J connectivity index is 1.27. The van der Waals surface area contributed by atoms with Crippen molar-refractivity contribution in [3.63, 3.8) is 0 Å². The largest absolute Gasteiger partial charge is 0.350 e. The number of nitrogens with zero attached hydrogens (tertiary/aromatic N) is 5. The first-order chi connectivity index (χ1) is 18.4. The Kier molecular flexibility index (Phi) is 5.10. The second-order valence-electron chi connectivity index (χ2n) is 10.6. The van der Waals surface area contributed by atoms with Gasteiger partial charge in [0.1, 0.15) is 35.0 Å². The molecule has 4 heterocycles. The van der Waals surface area contributed by atoms with Gasteiger partial charge in [-0.1, -0.05) is 18.2 Å². The molecule has 2 fully saturated rings. The van der Waals surface area contributed by atoms with E-state index in [9.17, 15) is 13.6 Å². The average Bonchev–Trinajstić information content (AvgIpc) is 3.26. The van der Waals surface area contributed by atoms with E-state index in [1.165, 1.54) is 18.2 Å². The summed E-state index contributed by atoms with van der Waals surface area (Å²) >= 11 is 0. The van der Waals surface area contributed by atoms with Gasteiger partial charge in [0.15, 0.2) is 0 Å². The Morgan fingerprint density at radius 1 is 0.947 bits per heavy atom. The lowest BCUT2D eigenvalue weighted by Gasteiger charge is -2.36. The molecule has 38 heavy (non-hydrogen) atoms. The summed E-state index contributed by atoms with van der Waals surface area (Å²) in [5.41, 5.74) is 3.44. The normalized spacial score (nSPS) is 24.0. The second-order valence-corrected chi connectivity index (χ2v) is 10.6. The summed E-state index contributed by atoms with van der Waals surface area (Å²) in [4.78, 5) is 14.6. The Labute approximate surface area is 218 Å². The highest BCUT2D eigenvalue weighted by atomic mass is 19.1. The Morgan fingerprint density at radius 2 is 1.74 bits per heavy atom. The predicted octanol–water partition coefficient (Wildman–Crippen LogP) is 5.59. The number of amides is 1. The van der Waals surface area contributed by atoms with E-state index in [4.69, 9.17) is 5.10 Å². The van der Waals surface area contributed by atoms with Crippen molar-refractivity contribution < 1.29 is 18.1 Å². The molecule has 0 N–H and O–H groups in total. The highest BCUT2D eigenvalue weighted by Crippen LogP contribution is 2.54. The number of carbonyl (C=O) groups is 1. The van der Waals surface area contributed by atoms with Crippen LogP contribution >= 0.6 is 0 Å². The van der Waals surface area contributed by atoms with Crippen LogP contribution in [0.2, 0.25) is 0 Å². The van der Waals surface area contributed by atoms with Gasteiger partial charge in [-0.05, 0) is 54.6 Å². The molecule has 2 aromatic carbocycles. The van der Waals surface area contributed by atoms with Crippen LogP contribution < -0.4 is 0 Å². The van der Waals surface area contributed by atoms with E-state index in [2.05, 4.69) is 5.10 Å². The van der Waals surface area contributed by atoms with Crippen molar-refractivity contribution in [2.45, 2.75) is 31.5 Å². The van der Waals surface area contributed by atoms with Gasteiger partial charge < -0.3 is 0 Å². The van der Waals surface area contributed by atoms with E-state index in [1.54, 1.807) is 41.0 Å². The molecule has 0 spiro atoms. The van der Waals surface area contributed by atoms with Gasteiger partial charge in [0.05, 0.1) is 24.8 Å². The molecule has 3 aromatic heterocycles. The summed E-state index contributed by atoms with van der Waals surface area (Å²) in [6.07, 6.45) is 5.63. The third-order valence-corrected chi connectivity index (χ3v) is 8.41. The Bertz CT molecular complexity index is 1690. The molecule has 0 bridgehead atoms. The van der Waals surface area contributed by atoms with Crippen molar-refractivity contribution in [1.82, 2.24) is 19.4 Å². The monoisotopic (exact) mass is 510 g/mol. The van der Waals surface area contributed by atoms with E-state index in [0.717, 1.165) is 24.1 Å². The zero-order valence-corrected chi connectivity index (χ0v) is 20.8. The van der Waals surface area contributed by atoms with Crippen LogP contribution in [0.1, 0.15) is 23.2 Å². The molecule has 2 aliphatic rings. The summed E-state index contributed by atoms with van der Waals surface area (Å²) in [5.74, 6) is -0.239. The van der Waals surface area contributed by atoms with Crippen molar-refractivity contribution in [2.75, 3.05) is 7.05 Å². The fraction of sp³-hybridized carbons (Fsp3) is 0.233. The topological polar surface area (TPSA) is 52.2 Å². The van der Waals surface area contributed by atoms with Crippen LogP contribution in [0.3, 0.4) is 0 Å². The van der Waals surface area contributed by atoms with Crippen LogP contribution in [0.15, 0.2) is 85.2 Å². The molecule has 1 saturated heterocycles. The number of aromatic nitrogens is 4. The van der Waals surface area contributed by atoms with Gasteiger partial charge in [-0.25, -0.2) is 18.1 Å². The maximum atomic E-state index is 14.9. The Hall–Kier alpha value is -4.17. The highest BCUT2D eigenvalue weighted by molar-refractivity contribution is 6.03. The van der Waals surface area contributed by atoms with Crippen LogP contribution in [0.5, 0.6) is 0 Å². The number of piperidine rings is 1. The first kappa shape index (κ1) is 23.0. The smallest absolute Gasteiger partial charge is 0.266 e. The molecule has 7 rings (SSSR count). The van der Waals surface area contributed by atoms with Gasteiger partial charge in [-0.3, -0.25) is 9.16 Å². The molecule has 6 nitrogen and oxygen atoms in total. The predicted molar refractivity (Wildman–Crippen MR) is 139 cm³/mol. The summed E-state index contributed by atoms with van der Waals surface area (Å²) in [6, 6.07) is 20.5. The molecule has 1 saturated carbocycles. The number of halogens is 2. The first-order valence-corrected chi connectivity index (χ1v) is 12.9. The average molecular weight is 511 g/mol. The molecule has 8 heteroatoms. The number of hydrogen-bond donors (Lipinski definition) is 0. The van der Waals surface area contributed by atoms with Crippen molar-refractivity contribution in [3.8, 4) is 22.5 Å². The zero-order chi connectivity index (χ0) is 26.0. The molecule has 5 aromatic rings. The number of benzene rings is 2. The maximum Gasteiger partial charge on any atom is 0.350 e. The van der Waals surface area contributed by atoms with Gasteiger partial charge in [0.2, 0.25) is 0 Å². The van der Waals surface area contributed by atoms with Gasteiger partial charge in [0, 0.05) is 42.3 Å². The molecule has 1 unspecified atom stereocenters. The number of carbonyl (C=O) groups excluding carboxylic acids is 1. The quantitative estimate of drug-likeness (QED) is 0.290. The van der Waals surface area contributed by atoms with Gasteiger partial charge in [0.25, 0.3) is 0 Å². The number of quaternary nitrogens is 1. The van der Waals surface area contributed by atoms with E-state index in [-0.39, 0.29) is 28.3 Å². The number of fused-ring (bicyclic) bond motifs is 2. The van der Waals surface area contributed by atoms with Gasteiger partial charge in [-0.15, -0.1) is 0 Å². The van der Waals surface area contributed by atoms with Crippen LogP contribution in [0.4, 0.5) is 8.78 Å². The second kappa shape index (κ2) is 8.43. The molecule has 0 radical (unpaired) electrons.